The lowest BCUT2D eigenvalue weighted by molar-refractivity contribution is 0.442. The molecule has 5 nitrogen and oxygen atoms in total. The summed E-state index contributed by atoms with van der Waals surface area (Å²) in [6.07, 6.45) is 1.48. The fourth-order valence-electron chi connectivity index (χ4n) is 2.85. The Hall–Kier alpha value is -3.21. The van der Waals surface area contributed by atoms with Gasteiger partial charge in [-0.2, -0.15) is 4.98 Å². The number of hydrogen-bond acceptors (Lipinski definition) is 5. The number of nitrogens with one attached hydrogen (secondary N) is 1. The average molecular weight is 330 g/mol. The number of fused-ring (bicyclic) bond motifs is 1. The molecule has 0 fully saturated rings. The number of benzene rings is 2. The number of aromatic nitrogens is 3. The van der Waals surface area contributed by atoms with Crippen molar-refractivity contribution >= 4 is 16.9 Å². The van der Waals surface area contributed by atoms with Crippen LogP contribution in [0.25, 0.3) is 22.2 Å². The summed E-state index contributed by atoms with van der Waals surface area (Å²) in [7, 11) is 0. The fourth-order valence-corrected chi connectivity index (χ4v) is 2.85. The van der Waals surface area contributed by atoms with Crippen molar-refractivity contribution in [1.82, 2.24) is 15.1 Å². The van der Waals surface area contributed by atoms with Crippen molar-refractivity contribution in [3.63, 3.8) is 0 Å². The van der Waals surface area contributed by atoms with Crippen molar-refractivity contribution < 1.29 is 4.52 Å². The molecular weight excluding hydrogens is 312 g/mol. The van der Waals surface area contributed by atoms with Gasteiger partial charge in [0.25, 0.3) is 5.71 Å². The van der Waals surface area contributed by atoms with Gasteiger partial charge in [-0.3, -0.25) is 0 Å². The topological polar surface area (TPSA) is 63.8 Å². The number of anilines is 1. The summed E-state index contributed by atoms with van der Waals surface area (Å²) < 4.78 is 5.19. The zero-order chi connectivity index (χ0) is 17.2. The molecule has 4 rings (SSSR count). The highest BCUT2D eigenvalue weighted by Gasteiger charge is 2.11. The molecule has 5 heteroatoms. The first-order chi connectivity index (χ1) is 12.2. The standard InChI is InChI=1S/C20H18N4O/c1-13-6-8-16(9-7-13)17-5-3-4-15(10-17)11-21-19-18-14(2)24-25-20(18)23-12-22-19/h3-10,12H,11H2,1-2H3,(H,21,22,23). The van der Waals surface area contributed by atoms with Crippen LogP contribution in [-0.4, -0.2) is 15.1 Å². The molecule has 0 bridgehead atoms. The summed E-state index contributed by atoms with van der Waals surface area (Å²) in [5.41, 5.74) is 6.15. The van der Waals surface area contributed by atoms with E-state index in [-0.39, 0.29) is 0 Å². The third-order valence-electron chi connectivity index (χ3n) is 4.22. The summed E-state index contributed by atoms with van der Waals surface area (Å²) in [5, 5.41) is 8.15. The Labute approximate surface area is 145 Å². The van der Waals surface area contributed by atoms with Gasteiger partial charge >= 0.3 is 0 Å². The molecule has 2 aromatic heterocycles. The minimum absolute atomic E-state index is 0.503. The molecule has 1 N–H and O–H groups in total. The Balaban J connectivity index is 1.58. The maximum absolute atomic E-state index is 5.19. The van der Waals surface area contributed by atoms with Crippen molar-refractivity contribution in [3.05, 3.63) is 71.7 Å². The van der Waals surface area contributed by atoms with Crippen LogP contribution in [0.15, 0.2) is 59.4 Å². The maximum Gasteiger partial charge on any atom is 0.263 e. The summed E-state index contributed by atoms with van der Waals surface area (Å²) in [4.78, 5) is 8.42. The van der Waals surface area contributed by atoms with Gasteiger partial charge in [-0.1, -0.05) is 53.2 Å². The minimum atomic E-state index is 0.503. The van der Waals surface area contributed by atoms with Gasteiger partial charge in [0.05, 0.1) is 5.69 Å². The average Bonchev–Trinajstić information content (AvgIpc) is 3.03. The quantitative estimate of drug-likeness (QED) is 0.596. The molecule has 0 amide bonds. The van der Waals surface area contributed by atoms with Crippen LogP contribution >= 0.6 is 0 Å². The monoisotopic (exact) mass is 330 g/mol. The number of rotatable bonds is 4. The zero-order valence-corrected chi connectivity index (χ0v) is 14.2. The van der Waals surface area contributed by atoms with Crippen LogP contribution < -0.4 is 5.32 Å². The van der Waals surface area contributed by atoms with Crippen LogP contribution in [0.2, 0.25) is 0 Å². The fraction of sp³-hybridized carbons (Fsp3) is 0.150. The van der Waals surface area contributed by atoms with Crippen molar-refractivity contribution in [2.75, 3.05) is 5.32 Å². The maximum atomic E-state index is 5.19. The van der Waals surface area contributed by atoms with E-state index in [0.717, 1.165) is 16.9 Å². The van der Waals surface area contributed by atoms with Gasteiger partial charge in [-0.15, -0.1) is 0 Å². The molecule has 2 heterocycles. The Morgan fingerprint density at radius 3 is 2.64 bits per heavy atom. The Morgan fingerprint density at radius 2 is 1.80 bits per heavy atom. The number of aryl methyl sites for hydroxylation is 2. The van der Waals surface area contributed by atoms with Crippen molar-refractivity contribution in [1.29, 1.82) is 0 Å². The highest BCUT2D eigenvalue weighted by atomic mass is 16.5. The molecule has 0 atom stereocenters. The lowest BCUT2D eigenvalue weighted by Crippen LogP contribution is -2.02. The van der Waals surface area contributed by atoms with E-state index >= 15 is 0 Å². The summed E-state index contributed by atoms with van der Waals surface area (Å²) in [6, 6.07) is 17.1. The van der Waals surface area contributed by atoms with Crippen LogP contribution in [-0.2, 0) is 6.54 Å². The van der Waals surface area contributed by atoms with Gasteiger partial charge in [-0.25, -0.2) is 4.98 Å². The third kappa shape index (κ3) is 3.08. The molecule has 124 valence electrons. The van der Waals surface area contributed by atoms with Gasteiger partial charge in [-0.05, 0) is 36.6 Å². The molecule has 0 aliphatic heterocycles. The molecule has 0 aliphatic rings. The first kappa shape index (κ1) is 15.3. The highest BCUT2D eigenvalue weighted by Crippen LogP contribution is 2.24. The largest absolute Gasteiger partial charge is 0.365 e. The minimum Gasteiger partial charge on any atom is -0.365 e. The molecule has 2 aromatic carbocycles. The van der Waals surface area contributed by atoms with Crippen molar-refractivity contribution in [2.45, 2.75) is 20.4 Å². The van der Waals surface area contributed by atoms with E-state index in [1.54, 1.807) is 0 Å². The van der Waals surface area contributed by atoms with Crippen molar-refractivity contribution in [2.24, 2.45) is 0 Å². The molecule has 0 saturated heterocycles. The van der Waals surface area contributed by atoms with E-state index in [2.05, 4.69) is 75.9 Å². The van der Waals surface area contributed by atoms with E-state index in [0.29, 0.717) is 12.3 Å². The van der Waals surface area contributed by atoms with Crippen LogP contribution in [0.1, 0.15) is 16.8 Å². The lowest BCUT2D eigenvalue weighted by atomic mass is 10.0. The molecule has 0 unspecified atom stereocenters. The molecule has 0 radical (unpaired) electrons. The van der Waals surface area contributed by atoms with Crippen LogP contribution in [0.3, 0.4) is 0 Å². The van der Waals surface area contributed by atoms with E-state index in [1.165, 1.54) is 28.6 Å². The van der Waals surface area contributed by atoms with E-state index in [1.807, 2.05) is 6.92 Å². The van der Waals surface area contributed by atoms with Crippen LogP contribution in [0.5, 0.6) is 0 Å². The van der Waals surface area contributed by atoms with Gasteiger partial charge in [0.2, 0.25) is 0 Å². The molecular formula is C20H18N4O. The third-order valence-corrected chi connectivity index (χ3v) is 4.22. The molecule has 0 saturated carbocycles. The lowest BCUT2D eigenvalue weighted by Gasteiger charge is -2.09. The Bertz CT molecular complexity index is 1020. The second-order valence-electron chi connectivity index (χ2n) is 6.09. The number of hydrogen-bond donors (Lipinski definition) is 1. The van der Waals surface area contributed by atoms with E-state index in [4.69, 9.17) is 4.52 Å². The molecule has 0 aliphatic carbocycles. The predicted molar refractivity (Wildman–Crippen MR) is 98.3 cm³/mol. The number of nitrogens with zero attached hydrogens (tertiary/aromatic N) is 3. The first-order valence-electron chi connectivity index (χ1n) is 8.17. The van der Waals surface area contributed by atoms with Crippen LogP contribution in [0, 0.1) is 13.8 Å². The van der Waals surface area contributed by atoms with Gasteiger partial charge < -0.3 is 9.84 Å². The normalized spacial score (nSPS) is 11.0. The summed E-state index contributed by atoms with van der Waals surface area (Å²) in [6.45, 7) is 4.65. The summed E-state index contributed by atoms with van der Waals surface area (Å²) in [5.74, 6) is 0.740. The van der Waals surface area contributed by atoms with Crippen LogP contribution in [0.4, 0.5) is 5.82 Å². The molecule has 4 aromatic rings. The van der Waals surface area contributed by atoms with Gasteiger partial charge in [0.1, 0.15) is 17.5 Å². The van der Waals surface area contributed by atoms with Crippen molar-refractivity contribution in [3.8, 4) is 11.1 Å². The van der Waals surface area contributed by atoms with E-state index in [9.17, 15) is 0 Å². The highest BCUT2D eigenvalue weighted by molar-refractivity contribution is 5.87. The molecule has 25 heavy (non-hydrogen) atoms. The molecule has 0 spiro atoms. The Morgan fingerprint density at radius 1 is 0.960 bits per heavy atom. The first-order valence-corrected chi connectivity index (χ1v) is 8.17. The second kappa shape index (κ2) is 6.36. The van der Waals surface area contributed by atoms with Gasteiger partial charge in [0.15, 0.2) is 0 Å². The Kier molecular flexibility index (Phi) is 3.90. The smallest absolute Gasteiger partial charge is 0.263 e. The predicted octanol–water partition coefficient (Wildman–Crippen LogP) is 4.51. The second-order valence-corrected chi connectivity index (χ2v) is 6.09. The van der Waals surface area contributed by atoms with E-state index < -0.39 is 0 Å². The zero-order valence-electron chi connectivity index (χ0n) is 14.2. The SMILES string of the molecule is Cc1ccc(-c2cccc(CNc3ncnc4onc(C)c34)c2)cc1. The van der Waals surface area contributed by atoms with Gasteiger partial charge in [0, 0.05) is 6.54 Å². The summed E-state index contributed by atoms with van der Waals surface area (Å²) >= 11 is 0.